The molecule has 2 heterocycles. The first-order valence-electron chi connectivity index (χ1n) is 9.23. The van der Waals surface area contributed by atoms with E-state index in [1.165, 1.54) is 30.6 Å². The topological polar surface area (TPSA) is 204 Å². The molecule has 0 aliphatic carbocycles. The molecule has 0 aromatic carbocycles. The third kappa shape index (κ3) is 14.0. The maximum absolute atomic E-state index is 11.8. The van der Waals surface area contributed by atoms with Crippen molar-refractivity contribution in [3.63, 3.8) is 0 Å². The highest BCUT2D eigenvalue weighted by molar-refractivity contribution is 8.24. The van der Waals surface area contributed by atoms with Gasteiger partial charge in [-0.1, -0.05) is 0 Å². The van der Waals surface area contributed by atoms with E-state index in [0.717, 1.165) is 13.4 Å². The Hall–Kier alpha value is -0.410. The summed E-state index contributed by atoms with van der Waals surface area (Å²) >= 11 is 4.43. The fourth-order valence-electron chi connectivity index (χ4n) is 2.61. The van der Waals surface area contributed by atoms with Gasteiger partial charge in [0.2, 0.25) is 0 Å². The van der Waals surface area contributed by atoms with Crippen LogP contribution in [0.5, 0.6) is 0 Å². The number of aliphatic hydroxyl groups is 1. The zero-order chi connectivity index (χ0) is 25.2. The molecule has 1 aromatic rings. The van der Waals surface area contributed by atoms with Crippen LogP contribution in [-0.4, -0.2) is 73.0 Å². The van der Waals surface area contributed by atoms with Crippen molar-refractivity contribution in [3.8, 4) is 0 Å². The molecular weight excluding hydrogens is 508 g/mol. The average Bonchev–Trinajstić information content (AvgIpc) is 3.09. The van der Waals surface area contributed by atoms with E-state index in [9.17, 15) is 28.2 Å². The molecule has 17 heteroatoms. The maximum atomic E-state index is 11.8. The van der Waals surface area contributed by atoms with Gasteiger partial charge in [0, 0.05) is 45.6 Å². The lowest BCUT2D eigenvalue weighted by Crippen LogP contribution is -2.31. The number of rotatable bonds is 8. The molecule has 0 radical (unpaired) electrons. The van der Waals surface area contributed by atoms with E-state index in [4.69, 9.17) is 14.7 Å². The Kier molecular flexibility index (Phi) is 13.9. The van der Waals surface area contributed by atoms with Gasteiger partial charge in [0.25, 0.3) is 13.1 Å². The van der Waals surface area contributed by atoms with Crippen LogP contribution in [-0.2, 0) is 25.6 Å². The molecule has 0 amide bonds. The van der Waals surface area contributed by atoms with Gasteiger partial charge in [-0.05, 0) is 37.5 Å². The van der Waals surface area contributed by atoms with Crippen LogP contribution in [0.4, 0.5) is 0 Å². The Morgan fingerprint density at radius 3 is 2.38 bits per heavy atom. The van der Waals surface area contributed by atoms with Crippen LogP contribution in [0.15, 0.2) is 21.9 Å². The van der Waals surface area contributed by atoms with Gasteiger partial charge in [-0.15, -0.1) is 15.3 Å². The molecular formula is C15H33N3O10P2S2. The Morgan fingerprint density at radius 1 is 1.34 bits per heavy atom. The Balaban J connectivity index is 0.00000104. The molecule has 190 valence electrons. The molecule has 1 aliphatic heterocycles. The van der Waals surface area contributed by atoms with Crippen molar-refractivity contribution in [2.45, 2.75) is 38.0 Å². The Morgan fingerprint density at radius 2 is 1.91 bits per heavy atom. The van der Waals surface area contributed by atoms with Gasteiger partial charge in [0.05, 0.1) is 6.10 Å². The molecule has 4 unspecified atom stereocenters. The lowest BCUT2D eigenvalue weighted by Gasteiger charge is -2.30. The normalized spacial score (nSPS) is 22.4. The number of hydrogen-bond acceptors (Lipinski definition) is 9. The summed E-state index contributed by atoms with van der Waals surface area (Å²) in [5.41, 5.74) is -1.01. The van der Waals surface area contributed by atoms with Crippen LogP contribution in [0.2, 0.25) is 0 Å². The SMILES string of the molecule is CO.COP(C)(O)=S.CS(O)(O)NP(=O)(O)CCCC1CCC(n2ccc(=O)[nH]c2=O)O1. The second-order valence-corrected chi connectivity index (χ2v) is 15.0. The second kappa shape index (κ2) is 14.1. The van der Waals surface area contributed by atoms with Gasteiger partial charge >= 0.3 is 5.69 Å². The standard InChI is InChI=1S/C12H22N3O7PS.C2H7O2PS.CH4O/c1-24(20,21)14-23(18,19)8-2-3-9-4-5-11(22-9)15-7-6-10(16)13-12(15)17;1-4-5(2,3)6;1-2/h6-7,9,11,20-21H,2-5,8H2,1H3,(H,13,16,17)(H2,14,18,19);1-2H3,(H,3,6);2H,1H3. The molecule has 4 atom stereocenters. The zero-order valence-electron chi connectivity index (χ0n) is 18.3. The molecule has 7 N–H and O–H groups in total. The second-order valence-electron chi connectivity index (χ2n) is 6.79. The van der Waals surface area contributed by atoms with E-state index in [1.54, 1.807) is 0 Å². The lowest BCUT2D eigenvalue weighted by atomic mass is 10.1. The predicted molar refractivity (Wildman–Crippen MR) is 128 cm³/mol. The third-order valence-corrected chi connectivity index (χ3v) is 8.46. The first-order chi connectivity index (χ1) is 14.6. The molecule has 0 saturated carbocycles. The quantitative estimate of drug-likeness (QED) is 0.232. The van der Waals surface area contributed by atoms with Crippen molar-refractivity contribution < 1.29 is 37.8 Å². The van der Waals surface area contributed by atoms with Gasteiger partial charge in [-0.3, -0.25) is 28.0 Å². The Bertz CT molecular complexity index is 898. The predicted octanol–water partition coefficient (Wildman–Crippen LogP) is 1.24. The number of aromatic amines is 1. The highest BCUT2D eigenvalue weighted by Crippen LogP contribution is 2.47. The summed E-state index contributed by atoms with van der Waals surface area (Å²) in [5.74, 6) is 0. The molecule has 1 fully saturated rings. The number of nitrogens with zero attached hydrogens (tertiary/aromatic N) is 1. The molecule has 32 heavy (non-hydrogen) atoms. The van der Waals surface area contributed by atoms with Crippen LogP contribution >= 0.6 is 24.8 Å². The lowest BCUT2D eigenvalue weighted by molar-refractivity contribution is -0.00431. The van der Waals surface area contributed by atoms with E-state index in [-0.39, 0.29) is 12.3 Å². The highest BCUT2D eigenvalue weighted by atomic mass is 32.5. The molecule has 0 bridgehead atoms. The molecule has 0 spiro atoms. The summed E-state index contributed by atoms with van der Waals surface area (Å²) in [5, 5.41) is 7.00. The number of H-pyrrole nitrogens is 1. The van der Waals surface area contributed by atoms with Crippen LogP contribution in [0.3, 0.4) is 0 Å². The summed E-state index contributed by atoms with van der Waals surface area (Å²) < 4.78 is 43.6. The minimum atomic E-state index is -3.82. The number of hydrogen-bond donors (Lipinski definition) is 7. The Labute approximate surface area is 193 Å². The van der Waals surface area contributed by atoms with Crippen molar-refractivity contribution in [1.82, 2.24) is 14.0 Å². The summed E-state index contributed by atoms with van der Waals surface area (Å²) in [6.45, 7) is -0.811. The first-order valence-corrected chi connectivity index (χ1v) is 16.2. The van der Waals surface area contributed by atoms with E-state index in [2.05, 4.69) is 21.3 Å². The summed E-state index contributed by atoms with van der Waals surface area (Å²) in [4.78, 5) is 43.1. The van der Waals surface area contributed by atoms with Crippen LogP contribution in [0.25, 0.3) is 0 Å². The van der Waals surface area contributed by atoms with E-state index >= 15 is 0 Å². The van der Waals surface area contributed by atoms with Gasteiger partial charge in [0.15, 0.2) is 6.49 Å². The van der Waals surface area contributed by atoms with E-state index in [0.29, 0.717) is 25.7 Å². The maximum Gasteiger partial charge on any atom is 0.330 e. The minimum absolute atomic E-state index is 0.111. The van der Waals surface area contributed by atoms with E-state index < -0.39 is 42.3 Å². The molecule has 2 rings (SSSR count). The van der Waals surface area contributed by atoms with Crippen molar-refractivity contribution in [2.75, 3.05) is 33.3 Å². The fraction of sp³-hybridized carbons (Fsp3) is 0.733. The van der Waals surface area contributed by atoms with Gasteiger partial charge in [-0.2, -0.15) is 0 Å². The molecule has 13 nitrogen and oxygen atoms in total. The van der Waals surface area contributed by atoms with Crippen molar-refractivity contribution in [2.24, 2.45) is 0 Å². The van der Waals surface area contributed by atoms with Crippen LogP contribution in [0.1, 0.15) is 31.9 Å². The molecule has 1 aromatic heterocycles. The van der Waals surface area contributed by atoms with E-state index in [1.807, 2.05) is 4.49 Å². The van der Waals surface area contributed by atoms with Crippen molar-refractivity contribution in [3.05, 3.63) is 33.1 Å². The fourth-order valence-corrected chi connectivity index (χ4v) is 5.75. The number of aromatic nitrogens is 2. The highest BCUT2D eigenvalue weighted by Gasteiger charge is 2.28. The largest absolute Gasteiger partial charge is 0.400 e. The number of ether oxygens (including phenoxy) is 1. The minimum Gasteiger partial charge on any atom is -0.400 e. The molecule has 1 aliphatic rings. The summed E-state index contributed by atoms with van der Waals surface area (Å²) in [7, 11) is -4.66. The van der Waals surface area contributed by atoms with Gasteiger partial charge in [0.1, 0.15) is 6.23 Å². The van der Waals surface area contributed by atoms with Gasteiger partial charge in [-0.25, -0.2) is 4.79 Å². The van der Waals surface area contributed by atoms with Crippen molar-refractivity contribution >= 4 is 36.6 Å². The average molecular weight is 542 g/mol. The first kappa shape index (κ1) is 31.6. The number of aliphatic hydroxyl groups excluding tert-OH is 1. The summed E-state index contributed by atoms with van der Waals surface area (Å²) in [6, 6.07) is 1.24. The summed E-state index contributed by atoms with van der Waals surface area (Å²) in [6.07, 6.45) is 3.81. The molecule has 1 saturated heterocycles. The van der Waals surface area contributed by atoms with Crippen molar-refractivity contribution in [1.29, 1.82) is 0 Å². The monoisotopic (exact) mass is 541 g/mol. The third-order valence-electron chi connectivity index (χ3n) is 3.89. The van der Waals surface area contributed by atoms with Crippen LogP contribution in [0, 0.1) is 0 Å². The zero-order valence-corrected chi connectivity index (χ0v) is 21.7. The van der Waals surface area contributed by atoms with Gasteiger partial charge < -0.3 is 24.2 Å². The number of nitrogens with one attached hydrogen (secondary N) is 2. The smallest absolute Gasteiger partial charge is 0.330 e. The van der Waals surface area contributed by atoms with Crippen LogP contribution < -0.4 is 15.7 Å².